The molecule has 3 aliphatic rings. The lowest BCUT2D eigenvalue weighted by atomic mass is 9.89. The highest BCUT2D eigenvalue weighted by Crippen LogP contribution is 2.38. The van der Waals surface area contributed by atoms with E-state index in [0.29, 0.717) is 45.0 Å². The number of alkyl halides is 1. The lowest BCUT2D eigenvalue weighted by Crippen LogP contribution is -2.50. The minimum Gasteiger partial charge on any atom is -0.388 e. The second kappa shape index (κ2) is 14.0. The summed E-state index contributed by atoms with van der Waals surface area (Å²) in [5.41, 5.74) is 0.257. The van der Waals surface area contributed by atoms with Crippen molar-refractivity contribution in [2.24, 2.45) is 11.8 Å². The van der Waals surface area contributed by atoms with Gasteiger partial charge in [0.1, 0.15) is 23.6 Å². The van der Waals surface area contributed by atoms with E-state index in [2.05, 4.69) is 5.32 Å². The molecule has 4 heterocycles. The molecular weight excluding hydrogens is 539 g/mol. The van der Waals surface area contributed by atoms with Crippen LogP contribution in [0.25, 0.3) is 11.3 Å². The third kappa shape index (κ3) is 6.87. The zero-order valence-corrected chi connectivity index (χ0v) is 24.0. The first-order valence-electron chi connectivity index (χ1n) is 14.6. The zero-order chi connectivity index (χ0) is 29.7. The van der Waals surface area contributed by atoms with Gasteiger partial charge in [-0.25, -0.2) is 22.9 Å². The normalized spacial score (nSPS) is 25.6. The Balaban J connectivity index is 0.00000189. The minimum absolute atomic E-state index is 0.0154. The van der Waals surface area contributed by atoms with Crippen molar-refractivity contribution in [2.75, 3.05) is 45.9 Å². The van der Waals surface area contributed by atoms with Gasteiger partial charge in [0.15, 0.2) is 0 Å². The van der Waals surface area contributed by atoms with Crippen molar-refractivity contribution in [3.63, 3.8) is 0 Å². The van der Waals surface area contributed by atoms with Crippen LogP contribution in [0.1, 0.15) is 45.5 Å². The molecule has 1 aromatic heterocycles. The fourth-order valence-electron chi connectivity index (χ4n) is 5.93. The van der Waals surface area contributed by atoms with E-state index in [4.69, 9.17) is 9.72 Å². The van der Waals surface area contributed by atoms with Crippen LogP contribution in [0.3, 0.4) is 0 Å². The van der Waals surface area contributed by atoms with Crippen LogP contribution in [0, 0.1) is 23.5 Å². The smallest absolute Gasteiger partial charge is 0.320 e. The maximum atomic E-state index is 14.9. The summed E-state index contributed by atoms with van der Waals surface area (Å²) in [6.45, 7) is 7.94. The summed E-state index contributed by atoms with van der Waals surface area (Å²) in [7, 11) is 0. The molecule has 5 unspecified atom stereocenters. The van der Waals surface area contributed by atoms with Crippen LogP contribution in [0.2, 0.25) is 0 Å². The summed E-state index contributed by atoms with van der Waals surface area (Å²) in [6, 6.07) is 2.15. The van der Waals surface area contributed by atoms with Crippen LogP contribution in [0.5, 0.6) is 0 Å². The number of likely N-dealkylation sites (tertiary alicyclic amines) is 1. The maximum Gasteiger partial charge on any atom is 0.320 e. The van der Waals surface area contributed by atoms with Gasteiger partial charge in [-0.1, -0.05) is 13.8 Å². The molecule has 0 bridgehead atoms. The quantitative estimate of drug-likeness (QED) is 0.464. The number of imidazole rings is 1. The van der Waals surface area contributed by atoms with Crippen LogP contribution in [0.4, 0.5) is 18.0 Å². The third-order valence-corrected chi connectivity index (χ3v) is 8.13. The molecule has 0 radical (unpaired) electrons. The molecule has 41 heavy (non-hydrogen) atoms. The number of β-amino-alcohol motifs (C(OH)–C–C–N with tert-alkyl or cyclic N) is 2. The average molecular weight is 582 g/mol. The third-order valence-electron chi connectivity index (χ3n) is 8.13. The summed E-state index contributed by atoms with van der Waals surface area (Å²) in [6.07, 6.45) is -0.378. The number of carbonyl (C=O) groups excluding carboxylic acids is 1. The molecule has 3 N–H and O–H groups in total. The van der Waals surface area contributed by atoms with Crippen LogP contribution >= 0.6 is 0 Å². The monoisotopic (exact) mass is 581 g/mol. The number of rotatable bonds is 7. The predicted molar refractivity (Wildman–Crippen MR) is 148 cm³/mol. The number of amides is 2. The summed E-state index contributed by atoms with van der Waals surface area (Å²) in [5, 5.41) is 23.4. The maximum absolute atomic E-state index is 14.9. The zero-order valence-electron chi connectivity index (χ0n) is 24.0. The standard InChI is InChI=1S/C27H36F3N5O4.C2H6/c1-2-33-13-22(19-9-18(28)3-4-20(19)29)32-26(33)25(16-5-7-39-8-6-16)35(12-17-10-31-11-21(17)30)27(38)34-14-23(36)24(37)15-34;1-2/h3-4,9,13,16-17,21,23-25,31,36-37H,2,5-8,10-12,14-15H2,1H3;1-2H3. The topological polar surface area (TPSA) is 103 Å². The highest BCUT2D eigenvalue weighted by atomic mass is 19.1. The van der Waals surface area contributed by atoms with Gasteiger partial charge in [-0.3, -0.25) is 0 Å². The fraction of sp³-hybridized carbons (Fsp3) is 0.655. The molecule has 2 amide bonds. The molecule has 12 heteroatoms. The van der Waals surface area contributed by atoms with Gasteiger partial charge in [0.25, 0.3) is 0 Å². The summed E-state index contributed by atoms with van der Waals surface area (Å²) >= 11 is 0. The molecule has 3 aliphatic heterocycles. The number of hydrogen-bond donors (Lipinski definition) is 3. The Labute approximate surface area is 239 Å². The lowest BCUT2D eigenvalue weighted by molar-refractivity contribution is 0.0206. The Hall–Kier alpha value is -2.67. The molecule has 1 aromatic carbocycles. The van der Waals surface area contributed by atoms with Gasteiger partial charge in [0, 0.05) is 57.1 Å². The van der Waals surface area contributed by atoms with Crippen molar-refractivity contribution in [1.29, 1.82) is 0 Å². The Morgan fingerprint density at radius 1 is 1.17 bits per heavy atom. The number of ether oxygens (including phenoxy) is 1. The van der Waals surface area contributed by atoms with E-state index in [1.807, 2.05) is 25.3 Å². The van der Waals surface area contributed by atoms with E-state index >= 15 is 0 Å². The van der Waals surface area contributed by atoms with Crippen molar-refractivity contribution in [3.05, 3.63) is 41.9 Å². The number of nitrogens with zero attached hydrogens (tertiary/aromatic N) is 4. The average Bonchev–Trinajstić information content (AvgIpc) is 3.69. The SMILES string of the molecule is CC.CCn1cc(-c2cc(F)ccc2F)nc1C(C1CCOCC1)N(CC1CNCC1F)C(=O)N1CC(O)C(O)C1. The van der Waals surface area contributed by atoms with Gasteiger partial charge in [0.2, 0.25) is 0 Å². The largest absolute Gasteiger partial charge is 0.388 e. The predicted octanol–water partition coefficient (Wildman–Crippen LogP) is 3.36. The number of aliphatic hydroxyl groups is 2. The molecule has 3 fully saturated rings. The van der Waals surface area contributed by atoms with E-state index < -0.39 is 48.0 Å². The van der Waals surface area contributed by atoms with Crippen molar-refractivity contribution < 1.29 is 32.9 Å². The van der Waals surface area contributed by atoms with E-state index in [1.165, 1.54) is 4.90 Å². The number of nitrogens with one attached hydrogen (secondary N) is 1. The van der Waals surface area contributed by atoms with Gasteiger partial charge < -0.3 is 34.6 Å². The molecule has 5 rings (SSSR count). The van der Waals surface area contributed by atoms with Gasteiger partial charge in [-0.05, 0) is 43.9 Å². The van der Waals surface area contributed by atoms with Crippen LogP contribution < -0.4 is 5.32 Å². The van der Waals surface area contributed by atoms with Crippen molar-refractivity contribution >= 4 is 6.03 Å². The molecule has 3 saturated heterocycles. The van der Waals surface area contributed by atoms with E-state index in [-0.39, 0.29) is 43.4 Å². The fourth-order valence-corrected chi connectivity index (χ4v) is 5.93. The number of aliphatic hydroxyl groups excluding tert-OH is 2. The number of aromatic nitrogens is 2. The molecule has 5 atom stereocenters. The Morgan fingerprint density at radius 3 is 2.46 bits per heavy atom. The Bertz CT molecular complexity index is 1150. The first kappa shape index (κ1) is 31.3. The first-order chi connectivity index (χ1) is 19.8. The first-order valence-corrected chi connectivity index (χ1v) is 14.6. The lowest BCUT2D eigenvalue weighted by Gasteiger charge is -2.41. The molecular formula is C29H42F3N5O4. The summed E-state index contributed by atoms with van der Waals surface area (Å²) < 4.78 is 51.1. The molecule has 2 aromatic rings. The van der Waals surface area contributed by atoms with Crippen molar-refractivity contribution in [3.8, 4) is 11.3 Å². The number of hydrogen-bond acceptors (Lipinski definition) is 6. The molecule has 228 valence electrons. The summed E-state index contributed by atoms with van der Waals surface area (Å²) in [5.74, 6) is -1.26. The van der Waals surface area contributed by atoms with Crippen LogP contribution in [0.15, 0.2) is 24.4 Å². The molecule has 9 nitrogen and oxygen atoms in total. The van der Waals surface area contributed by atoms with Crippen LogP contribution in [-0.2, 0) is 11.3 Å². The Kier molecular flexibility index (Phi) is 10.7. The molecule has 0 saturated carbocycles. The van der Waals surface area contributed by atoms with Gasteiger partial charge in [-0.2, -0.15) is 0 Å². The van der Waals surface area contributed by atoms with Crippen molar-refractivity contribution in [2.45, 2.75) is 64.6 Å². The number of carbonyl (C=O) groups is 1. The van der Waals surface area contributed by atoms with Crippen molar-refractivity contribution in [1.82, 2.24) is 24.7 Å². The number of halogens is 3. The minimum atomic E-state index is -1.15. The van der Waals surface area contributed by atoms with Gasteiger partial charge in [-0.15, -0.1) is 0 Å². The number of benzene rings is 1. The second-order valence-electron chi connectivity index (χ2n) is 10.7. The van der Waals surface area contributed by atoms with E-state index in [0.717, 1.165) is 18.2 Å². The van der Waals surface area contributed by atoms with E-state index in [1.54, 1.807) is 11.1 Å². The highest BCUT2D eigenvalue weighted by molar-refractivity contribution is 5.75. The van der Waals surface area contributed by atoms with Gasteiger partial charge >= 0.3 is 6.03 Å². The summed E-state index contributed by atoms with van der Waals surface area (Å²) in [4.78, 5) is 21.9. The highest BCUT2D eigenvalue weighted by Gasteiger charge is 2.43. The second-order valence-corrected chi connectivity index (χ2v) is 10.7. The Morgan fingerprint density at radius 2 is 1.85 bits per heavy atom. The van der Waals surface area contributed by atoms with Crippen LogP contribution in [-0.4, -0.2) is 99.9 Å². The number of aryl methyl sites for hydroxylation is 1. The molecule has 0 spiro atoms. The molecule has 0 aliphatic carbocycles. The van der Waals surface area contributed by atoms with Gasteiger partial charge in [0.05, 0.1) is 37.0 Å². The van der Waals surface area contributed by atoms with E-state index in [9.17, 15) is 28.2 Å². The number of urea groups is 1.